The second kappa shape index (κ2) is 5.96. The third-order valence-corrected chi connectivity index (χ3v) is 4.84. The Balaban J connectivity index is 1.59. The Kier molecular flexibility index (Phi) is 4.06. The van der Waals surface area contributed by atoms with Crippen molar-refractivity contribution < 1.29 is 4.79 Å². The average molecular weight is 272 g/mol. The third kappa shape index (κ3) is 2.88. The molecule has 1 saturated carbocycles. The summed E-state index contributed by atoms with van der Waals surface area (Å²) < 4.78 is 0. The summed E-state index contributed by atoms with van der Waals surface area (Å²) in [5, 5.41) is 3.18. The molecule has 3 heteroatoms. The molecule has 2 unspecified atom stereocenters. The highest BCUT2D eigenvalue weighted by Gasteiger charge is 2.27. The van der Waals surface area contributed by atoms with Crippen LogP contribution in [0.4, 0.5) is 0 Å². The van der Waals surface area contributed by atoms with Gasteiger partial charge in [0.15, 0.2) is 0 Å². The summed E-state index contributed by atoms with van der Waals surface area (Å²) >= 11 is 0. The van der Waals surface area contributed by atoms with Gasteiger partial charge in [-0.2, -0.15) is 0 Å². The van der Waals surface area contributed by atoms with Crippen LogP contribution < -0.4 is 11.1 Å². The minimum Gasteiger partial charge on any atom is -0.353 e. The van der Waals surface area contributed by atoms with Crippen LogP contribution >= 0.6 is 0 Å². The van der Waals surface area contributed by atoms with E-state index in [2.05, 4.69) is 23.5 Å². The molecule has 0 radical (unpaired) electrons. The van der Waals surface area contributed by atoms with Crippen LogP contribution in [-0.2, 0) is 24.1 Å². The van der Waals surface area contributed by atoms with E-state index in [1.807, 2.05) is 0 Å². The maximum absolute atomic E-state index is 12.2. The summed E-state index contributed by atoms with van der Waals surface area (Å²) in [4.78, 5) is 12.2. The van der Waals surface area contributed by atoms with E-state index in [9.17, 15) is 4.79 Å². The lowest BCUT2D eigenvalue weighted by atomic mass is 10.0. The zero-order chi connectivity index (χ0) is 13.9. The molecule has 108 valence electrons. The van der Waals surface area contributed by atoms with Gasteiger partial charge in [-0.15, -0.1) is 0 Å². The number of amides is 1. The van der Waals surface area contributed by atoms with Gasteiger partial charge in [0.1, 0.15) is 0 Å². The van der Waals surface area contributed by atoms with E-state index in [1.54, 1.807) is 0 Å². The van der Waals surface area contributed by atoms with E-state index >= 15 is 0 Å². The molecule has 2 aliphatic carbocycles. The Morgan fingerprint density at radius 2 is 2.05 bits per heavy atom. The average Bonchev–Trinajstić information content (AvgIpc) is 3.06. The first kappa shape index (κ1) is 13.6. The van der Waals surface area contributed by atoms with Crippen LogP contribution in [0.15, 0.2) is 18.2 Å². The number of fused-ring (bicyclic) bond motifs is 1. The normalized spacial score (nSPS) is 24.6. The van der Waals surface area contributed by atoms with Crippen molar-refractivity contribution in [3.8, 4) is 0 Å². The Morgan fingerprint density at radius 3 is 2.90 bits per heavy atom. The van der Waals surface area contributed by atoms with Crippen molar-refractivity contribution in [2.24, 2.45) is 11.7 Å². The summed E-state index contributed by atoms with van der Waals surface area (Å²) in [5.41, 5.74) is 9.81. The molecule has 0 aliphatic heterocycles. The minimum absolute atomic E-state index is 0.147. The maximum Gasteiger partial charge on any atom is 0.224 e. The number of nitrogens with one attached hydrogen (secondary N) is 1. The second-order valence-corrected chi connectivity index (χ2v) is 6.23. The number of rotatable bonds is 4. The molecule has 3 nitrogen and oxygen atoms in total. The highest BCUT2D eigenvalue weighted by molar-refractivity contribution is 5.79. The Morgan fingerprint density at radius 1 is 1.20 bits per heavy atom. The van der Waals surface area contributed by atoms with E-state index in [-0.39, 0.29) is 5.91 Å². The van der Waals surface area contributed by atoms with Crippen LogP contribution in [0.1, 0.15) is 42.4 Å². The van der Waals surface area contributed by atoms with Gasteiger partial charge in [-0.25, -0.2) is 0 Å². The molecule has 0 saturated heterocycles. The lowest BCUT2D eigenvalue weighted by molar-refractivity contribution is -0.121. The Bertz CT molecular complexity index is 498. The standard InChI is InChI=1S/C17H24N2O/c18-11-15-5-2-6-16(15)19-17(20)10-12-7-8-13-3-1-4-14(13)9-12/h7-9,15-16H,1-6,10-11,18H2,(H,19,20). The molecule has 2 aliphatic rings. The Labute approximate surface area is 120 Å². The number of aryl methyl sites for hydroxylation is 2. The number of carbonyl (C=O) groups is 1. The highest BCUT2D eigenvalue weighted by Crippen LogP contribution is 2.25. The fourth-order valence-corrected chi connectivity index (χ4v) is 3.69. The molecule has 20 heavy (non-hydrogen) atoms. The van der Waals surface area contributed by atoms with Gasteiger partial charge in [0.25, 0.3) is 0 Å². The Hall–Kier alpha value is -1.35. The van der Waals surface area contributed by atoms with E-state index in [0.717, 1.165) is 18.4 Å². The fraction of sp³-hybridized carbons (Fsp3) is 0.588. The molecular formula is C17H24N2O. The molecular weight excluding hydrogens is 248 g/mol. The van der Waals surface area contributed by atoms with Crippen molar-refractivity contribution in [1.82, 2.24) is 5.32 Å². The number of benzene rings is 1. The van der Waals surface area contributed by atoms with E-state index < -0.39 is 0 Å². The van der Waals surface area contributed by atoms with Gasteiger partial charge in [-0.05, 0) is 61.3 Å². The maximum atomic E-state index is 12.2. The molecule has 0 spiro atoms. The minimum atomic E-state index is 0.147. The lowest BCUT2D eigenvalue weighted by Crippen LogP contribution is -2.40. The summed E-state index contributed by atoms with van der Waals surface area (Å²) in [5.74, 6) is 0.618. The van der Waals surface area contributed by atoms with Crippen molar-refractivity contribution >= 4 is 5.91 Å². The molecule has 2 atom stereocenters. The number of hydrogen-bond donors (Lipinski definition) is 2. The molecule has 0 aromatic heterocycles. The first-order valence-corrected chi connectivity index (χ1v) is 7.86. The SMILES string of the molecule is NCC1CCCC1NC(=O)Cc1ccc2c(c1)CCC2. The topological polar surface area (TPSA) is 55.1 Å². The first-order valence-electron chi connectivity index (χ1n) is 7.86. The van der Waals surface area contributed by atoms with Crippen LogP contribution in [-0.4, -0.2) is 18.5 Å². The van der Waals surface area contributed by atoms with Crippen molar-refractivity contribution in [2.45, 2.75) is 51.0 Å². The first-order chi connectivity index (χ1) is 9.76. The molecule has 1 aromatic carbocycles. The zero-order valence-corrected chi connectivity index (χ0v) is 12.0. The zero-order valence-electron chi connectivity index (χ0n) is 12.0. The largest absolute Gasteiger partial charge is 0.353 e. The molecule has 0 bridgehead atoms. The van der Waals surface area contributed by atoms with Gasteiger partial charge in [-0.1, -0.05) is 24.6 Å². The van der Waals surface area contributed by atoms with Crippen LogP contribution in [0.25, 0.3) is 0 Å². The van der Waals surface area contributed by atoms with Crippen LogP contribution in [0.2, 0.25) is 0 Å². The van der Waals surface area contributed by atoms with Crippen molar-refractivity contribution in [3.05, 3.63) is 34.9 Å². The summed E-state index contributed by atoms with van der Waals surface area (Å²) in [6.45, 7) is 0.684. The highest BCUT2D eigenvalue weighted by atomic mass is 16.1. The second-order valence-electron chi connectivity index (χ2n) is 6.23. The van der Waals surface area contributed by atoms with Gasteiger partial charge in [0, 0.05) is 6.04 Å². The van der Waals surface area contributed by atoms with E-state index in [1.165, 1.54) is 36.8 Å². The predicted molar refractivity (Wildman–Crippen MR) is 80.5 cm³/mol. The third-order valence-electron chi connectivity index (χ3n) is 4.84. The van der Waals surface area contributed by atoms with E-state index in [4.69, 9.17) is 5.73 Å². The smallest absolute Gasteiger partial charge is 0.224 e. The number of nitrogens with two attached hydrogens (primary N) is 1. The lowest BCUT2D eigenvalue weighted by Gasteiger charge is -2.19. The van der Waals surface area contributed by atoms with Gasteiger partial charge < -0.3 is 11.1 Å². The van der Waals surface area contributed by atoms with Gasteiger partial charge in [0.2, 0.25) is 5.91 Å². The molecule has 0 heterocycles. The molecule has 3 rings (SSSR count). The van der Waals surface area contributed by atoms with Crippen LogP contribution in [0, 0.1) is 5.92 Å². The van der Waals surface area contributed by atoms with Crippen molar-refractivity contribution in [1.29, 1.82) is 0 Å². The quantitative estimate of drug-likeness (QED) is 0.880. The van der Waals surface area contributed by atoms with Crippen molar-refractivity contribution in [2.75, 3.05) is 6.54 Å². The van der Waals surface area contributed by atoms with Gasteiger partial charge in [0.05, 0.1) is 6.42 Å². The number of carbonyl (C=O) groups excluding carboxylic acids is 1. The molecule has 1 fully saturated rings. The fourth-order valence-electron chi connectivity index (χ4n) is 3.69. The van der Waals surface area contributed by atoms with Gasteiger partial charge >= 0.3 is 0 Å². The van der Waals surface area contributed by atoms with Crippen molar-refractivity contribution in [3.63, 3.8) is 0 Å². The molecule has 1 amide bonds. The van der Waals surface area contributed by atoms with E-state index in [0.29, 0.717) is 24.9 Å². The number of hydrogen-bond acceptors (Lipinski definition) is 2. The summed E-state index contributed by atoms with van der Waals surface area (Å²) in [6.07, 6.45) is 7.54. The summed E-state index contributed by atoms with van der Waals surface area (Å²) in [6, 6.07) is 6.82. The summed E-state index contributed by atoms with van der Waals surface area (Å²) in [7, 11) is 0. The van der Waals surface area contributed by atoms with Crippen LogP contribution in [0.3, 0.4) is 0 Å². The molecule has 1 aromatic rings. The predicted octanol–water partition coefficient (Wildman–Crippen LogP) is 1.96. The monoisotopic (exact) mass is 272 g/mol. The van der Waals surface area contributed by atoms with Crippen LogP contribution in [0.5, 0.6) is 0 Å². The molecule has 3 N–H and O–H groups in total. The van der Waals surface area contributed by atoms with Gasteiger partial charge in [-0.3, -0.25) is 4.79 Å².